The number of nitrogens with zero attached hydrogens (tertiary/aromatic N) is 4. The summed E-state index contributed by atoms with van der Waals surface area (Å²) in [5.74, 6) is -3.09. The first-order valence-corrected chi connectivity index (χ1v) is 11.4. The van der Waals surface area contributed by atoms with E-state index in [-0.39, 0.29) is 16.7 Å². The van der Waals surface area contributed by atoms with Gasteiger partial charge >= 0.3 is 11.9 Å². The lowest BCUT2D eigenvalue weighted by atomic mass is 10.0. The molecule has 1 aromatic rings. The number of hydrogen-bond acceptors (Lipinski definition) is 12. The van der Waals surface area contributed by atoms with Crippen molar-refractivity contribution in [3.05, 3.63) is 17.1 Å². The van der Waals surface area contributed by atoms with Gasteiger partial charge < -0.3 is 25.7 Å². The van der Waals surface area contributed by atoms with Crippen LogP contribution in [0.15, 0.2) is 16.4 Å². The van der Waals surface area contributed by atoms with E-state index in [9.17, 15) is 24.3 Å². The minimum absolute atomic E-state index is 0.0677. The number of aliphatic carboxylic acids is 1. The number of ether oxygens (including phenoxy) is 1. The van der Waals surface area contributed by atoms with Crippen LogP contribution in [0, 0.1) is 0 Å². The molecule has 33 heavy (non-hydrogen) atoms. The maximum absolute atomic E-state index is 12.9. The fourth-order valence-electron chi connectivity index (χ4n) is 3.02. The molecule has 2 aliphatic rings. The number of esters is 1. The maximum Gasteiger partial charge on any atom is 0.352 e. The van der Waals surface area contributed by atoms with Gasteiger partial charge in [0.15, 0.2) is 5.13 Å². The molecule has 2 amide bonds. The molecule has 15 heteroatoms. The number of aromatic nitrogens is 2. The van der Waals surface area contributed by atoms with Crippen LogP contribution < -0.4 is 11.1 Å². The van der Waals surface area contributed by atoms with Crippen molar-refractivity contribution in [1.82, 2.24) is 19.6 Å². The van der Waals surface area contributed by atoms with E-state index in [2.05, 4.69) is 19.8 Å². The number of β-lactam (4-membered cyclic amide) rings is 1. The van der Waals surface area contributed by atoms with Crippen LogP contribution in [-0.4, -0.2) is 78.2 Å². The Balaban J connectivity index is 1.73. The number of nitrogens with one attached hydrogen (secondary N) is 1. The van der Waals surface area contributed by atoms with Crippen LogP contribution in [-0.2, 0) is 28.8 Å². The minimum atomic E-state index is -1.21. The summed E-state index contributed by atoms with van der Waals surface area (Å²) in [7, 11) is 0. The number of nitrogen functional groups attached to an aromatic ring is 1. The first kappa shape index (κ1) is 24.4. The van der Waals surface area contributed by atoms with Crippen LogP contribution in [0.25, 0.3) is 0 Å². The van der Waals surface area contributed by atoms with Gasteiger partial charge in [0.2, 0.25) is 18.1 Å². The van der Waals surface area contributed by atoms with E-state index in [1.165, 1.54) is 11.8 Å². The second kappa shape index (κ2) is 9.35. The number of fused-ring (bicyclic) bond motifs is 1. The molecule has 0 saturated carbocycles. The first-order valence-electron chi connectivity index (χ1n) is 9.59. The van der Waals surface area contributed by atoms with Crippen molar-refractivity contribution in [3.63, 3.8) is 0 Å². The lowest BCUT2D eigenvalue weighted by Gasteiger charge is -2.49. The van der Waals surface area contributed by atoms with Crippen molar-refractivity contribution < 1.29 is 33.9 Å². The molecule has 2 atom stereocenters. The Hall–Kier alpha value is -3.20. The Morgan fingerprint density at radius 3 is 2.64 bits per heavy atom. The SMILES string of the molecule is CC1=C(C(=O)O)N2C(=O)C(NC(=O)C(=NOCC(=O)OC(C)(C)C)c3nsc(N)n3)[C@H]2SC1. The fraction of sp³-hybridized carbons (Fsp3) is 0.500. The highest BCUT2D eigenvalue weighted by Crippen LogP contribution is 2.40. The molecule has 2 aliphatic heterocycles. The van der Waals surface area contributed by atoms with Crippen molar-refractivity contribution >= 4 is 57.9 Å². The quantitative estimate of drug-likeness (QED) is 0.198. The van der Waals surface area contributed by atoms with Crippen LogP contribution in [0.3, 0.4) is 0 Å². The number of carbonyl (C=O) groups excluding carboxylic acids is 3. The third kappa shape index (κ3) is 5.42. The summed E-state index contributed by atoms with van der Waals surface area (Å²) in [6.07, 6.45) is 0. The number of carbonyl (C=O) groups is 4. The molecule has 1 fully saturated rings. The molecule has 3 heterocycles. The predicted octanol–water partition coefficient (Wildman–Crippen LogP) is -0.0588. The Bertz CT molecular complexity index is 1060. The molecule has 3 rings (SSSR count). The Labute approximate surface area is 196 Å². The van der Waals surface area contributed by atoms with E-state index in [0.717, 1.165) is 16.4 Å². The van der Waals surface area contributed by atoms with E-state index in [0.29, 0.717) is 11.3 Å². The number of amides is 2. The van der Waals surface area contributed by atoms with E-state index in [1.54, 1.807) is 27.7 Å². The molecule has 13 nitrogen and oxygen atoms in total. The van der Waals surface area contributed by atoms with Gasteiger partial charge in [0.25, 0.3) is 11.8 Å². The summed E-state index contributed by atoms with van der Waals surface area (Å²) in [6, 6.07) is -0.989. The van der Waals surface area contributed by atoms with Crippen molar-refractivity contribution in [3.8, 4) is 0 Å². The highest BCUT2D eigenvalue weighted by atomic mass is 32.2. The van der Waals surface area contributed by atoms with E-state index in [4.69, 9.17) is 15.3 Å². The molecule has 0 bridgehead atoms. The van der Waals surface area contributed by atoms with Gasteiger partial charge in [-0.05, 0) is 33.3 Å². The molecule has 0 radical (unpaired) electrons. The zero-order valence-electron chi connectivity index (χ0n) is 18.1. The molecule has 0 aliphatic carbocycles. The van der Waals surface area contributed by atoms with Gasteiger partial charge in [-0.1, -0.05) is 5.16 Å². The minimum Gasteiger partial charge on any atom is -0.477 e. The number of thioether (sulfide) groups is 1. The fourth-order valence-corrected chi connectivity index (χ4v) is 4.75. The number of carboxylic acid groups (broad SMARTS) is 1. The zero-order valence-corrected chi connectivity index (χ0v) is 19.8. The third-order valence-electron chi connectivity index (χ3n) is 4.27. The summed E-state index contributed by atoms with van der Waals surface area (Å²) in [5.41, 5.74) is 4.93. The molecule has 1 unspecified atom stereocenters. The largest absolute Gasteiger partial charge is 0.477 e. The van der Waals surface area contributed by atoms with E-state index >= 15 is 0 Å². The van der Waals surface area contributed by atoms with Crippen molar-refractivity contribution in [2.45, 2.75) is 44.7 Å². The number of carboxylic acids is 1. The molecule has 0 spiro atoms. The summed E-state index contributed by atoms with van der Waals surface area (Å²) in [5, 5.41) is 15.1. The maximum atomic E-state index is 12.9. The number of anilines is 1. The average molecular weight is 499 g/mol. The first-order chi connectivity index (χ1) is 15.4. The van der Waals surface area contributed by atoms with Gasteiger partial charge in [-0.2, -0.15) is 9.36 Å². The number of hydrogen-bond donors (Lipinski definition) is 3. The van der Waals surface area contributed by atoms with Crippen LogP contribution in [0.5, 0.6) is 0 Å². The zero-order chi connectivity index (χ0) is 24.5. The van der Waals surface area contributed by atoms with E-state index in [1.807, 2.05) is 0 Å². The number of nitrogens with two attached hydrogens (primary N) is 1. The topological polar surface area (TPSA) is 186 Å². The van der Waals surface area contributed by atoms with Gasteiger partial charge in [0.1, 0.15) is 22.7 Å². The van der Waals surface area contributed by atoms with Crippen LogP contribution >= 0.6 is 23.3 Å². The molecular weight excluding hydrogens is 476 g/mol. The van der Waals surface area contributed by atoms with Gasteiger partial charge in [0.05, 0.1) is 0 Å². The molecule has 4 N–H and O–H groups in total. The Morgan fingerprint density at radius 2 is 2.06 bits per heavy atom. The summed E-state index contributed by atoms with van der Waals surface area (Å²) < 4.78 is 9.03. The average Bonchev–Trinajstić information content (AvgIpc) is 3.13. The Morgan fingerprint density at radius 1 is 1.36 bits per heavy atom. The van der Waals surface area contributed by atoms with Crippen LogP contribution in [0.4, 0.5) is 5.13 Å². The van der Waals surface area contributed by atoms with Gasteiger partial charge in [-0.15, -0.1) is 11.8 Å². The van der Waals surface area contributed by atoms with Gasteiger partial charge in [-0.3, -0.25) is 14.5 Å². The molecular formula is C18H22N6O7S2. The second-order valence-electron chi connectivity index (χ2n) is 8.05. The van der Waals surface area contributed by atoms with Crippen molar-refractivity contribution in [2.75, 3.05) is 18.1 Å². The molecule has 1 aromatic heterocycles. The smallest absolute Gasteiger partial charge is 0.352 e. The van der Waals surface area contributed by atoms with Crippen LogP contribution in [0.2, 0.25) is 0 Å². The molecule has 0 aromatic carbocycles. The van der Waals surface area contributed by atoms with Crippen molar-refractivity contribution in [2.24, 2.45) is 5.16 Å². The second-order valence-corrected chi connectivity index (χ2v) is 9.94. The lowest BCUT2D eigenvalue weighted by molar-refractivity contribution is -0.160. The Kier molecular flexibility index (Phi) is 6.92. The summed E-state index contributed by atoms with van der Waals surface area (Å²) in [4.78, 5) is 58.9. The van der Waals surface area contributed by atoms with Crippen molar-refractivity contribution in [1.29, 1.82) is 0 Å². The van der Waals surface area contributed by atoms with Crippen LogP contribution in [0.1, 0.15) is 33.5 Å². The van der Waals surface area contributed by atoms with E-state index < -0.39 is 53.1 Å². The summed E-state index contributed by atoms with van der Waals surface area (Å²) in [6.45, 7) is 6.11. The summed E-state index contributed by atoms with van der Waals surface area (Å²) >= 11 is 2.14. The monoisotopic (exact) mass is 498 g/mol. The third-order valence-corrected chi connectivity index (χ3v) is 6.24. The van der Waals surface area contributed by atoms with Gasteiger partial charge in [0, 0.05) is 17.3 Å². The number of rotatable bonds is 7. The highest BCUT2D eigenvalue weighted by Gasteiger charge is 2.54. The predicted molar refractivity (Wildman–Crippen MR) is 118 cm³/mol. The van der Waals surface area contributed by atoms with Gasteiger partial charge in [-0.25, -0.2) is 9.59 Å². The lowest BCUT2D eigenvalue weighted by Crippen LogP contribution is -2.71. The number of oxime groups is 1. The molecule has 1 saturated heterocycles. The highest BCUT2D eigenvalue weighted by molar-refractivity contribution is 8.00. The molecule has 178 valence electrons. The standard InChI is InChI=1S/C18H22N6O7S2/c1-7-6-32-15-10(14(27)24(15)11(7)16(28)29)20-13(26)9(12-21-17(19)33-23-12)22-30-5-8(25)31-18(2,3)4/h10,15H,5-6H2,1-4H3,(H,20,26)(H,28,29)(H2,19,21,23)/t10?,15-/m1/s1. The normalized spacial score (nSPS) is 20.7.